The van der Waals surface area contributed by atoms with Crippen molar-refractivity contribution >= 4 is 17.4 Å². The van der Waals surface area contributed by atoms with Crippen molar-refractivity contribution in [3.05, 3.63) is 47.4 Å². The summed E-state index contributed by atoms with van der Waals surface area (Å²) in [6, 6.07) is 9.58. The average molecular weight is 340 g/mol. The van der Waals surface area contributed by atoms with Gasteiger partial charge in [0.1, 0.15) is 17.3 Å². The number of hydrogen-bond acceptors (Lipinski definition) is 4. The number of carbonyl (C=O) groups is 1. The molecule has 0 unspecified atom stereocenters. The highest BCUT2D eigenvalue weighted by atomic mass is 16.1. The van der Waals surface area contributed by atoms with E-state index in [1.54, 1.807) is 13.0 Å². The Morgan fingerprint density at radius 1 is 0.960 bits per heavy atom. The maximum Gasteiger partial charge on any atom is 0.274 e. The van der Waals surface area contributed by atoms with Gasteiger partial charge in [-0.15, -0.1) is 0 Å². The van der Waals surface area contributed by atoms with Crippen LogP contribution in [0.4, 0.5) is 11.5 Å². The smallest absolute Gasteiger partial charge is 0.274 e. The summed E-state index contributed by atoms with van der Waals surface area (Å²) in [7, 11) is 0. The zero-order valence-electron chi connectivity index (χ0n) is 16.2. The Balaban J connectivity index is 2.18. The van der Waals surface area contributed by atoms with Gasteiger partial charge in [-0.3, -0.25) is 4.79 Å². The maximum absolute atomic E-state index is 12.5. The molecule has 0 atom stereocenters. The molecular formula is C20H28N4O. The van der Waals surface area contributed by atoms with Gasteiger partial charge in [-0.1, -0.05) is 32.9 Å². The molecular weight excluding hydrogens is 312 g/mol. The van der Waals surface area contributed by atoms with Crippen molar-refractivity contribution in [3.8, 4) is 0 Å². The van der Waals surface area contributed by atoms with Crippen LogP contribution in [0.25, 0.3) is 0 Å². The molecule has 2 N–H and O–H groups in total. The highest BCUT2D eigenvalue weighted by Crippen LogP contribution is 2.23. The van der Waals surface area contributed by atoms with E-state index in [1.807, 2.05) is 45.0 Å². The van der Waals surface area contributed by atoms with Crippen LogP contribution in [0.2, 0.25) is 0 Å². The van der Waals surface area contributed by atoms with Crippen LogP contribution in [-0.2, 0) is 5.41 Å². The Kier molecular flexibility index (Phi) is 5.16. The summed E-state index contributed by atoms with van der Waals surface area (Å²) in [5, 5.41) is 6.17. The van der Waals surface area contributed by atoms with Crippen molar-refractivity contribution in [2.45, 2.75) is 59.4 Å². The minimum atomic E-state index is -0.244. The van der Waals surface area contributed by atoms with Gasteiger partial charge in [-0.05, 0) is 50.8 Å². The third-order valence-electron chi connectivity index (χ3n) is 3.58. The zero-order chi connectivity index (χ0) is 18.8. The van der Waals surface area contributed by atoms with Crippen molar-refractivity contribution in [1.29, 1.82) is 0 Å². The van der Waals surface area contributed by atoms with Gasteiger partial charge in [0, 0.05) is 17.3 Å². The molecule has 1 aromatic carbocycles. The van der Waals surface area contributed by atoms with Gasteiger partial charge in [0.25, 0.3) is 5.91 Å². The van der Waals surface area contributed by atoms with Crippen molar-refractivity contribution in [3.63, 3.8) is 0 Å². The molecule has 0 aliphatic heterocycles. The number of carbonyl (C=O) groups excluding carboxylic acids is 1. The van der Waals surface area contributed by atoms with Crippen LogP contribution in [0.1, 0.15) is 63.4 Å². The number of hydrogen-bond donors (Lipinski definition) is 2. The number of benzene rings is 1. The highest BCUT2D eigenvalue weighted by molar-refractivity contribution is 6.03. The third kappa shape index (κ3) is 5.55. The van der Waals surface area contributed by atoms with E-state index in [4.69, 9.17) is 0 Å². The largest absolute Gasteiger partial charge is 0.365 e. The summed E-state index contributed by atoms with van der Waals surface area (Å²) < 4.78 is 0. The first-order valence-corrected chi connectivity index (χ1v) is 8.50. The second kappa shape index (κ2) is 6.82. The van der Waals surface area contributed by atoms with Crippen LogP contribution >= 0.6 is 0 Å². The molecule has 0 fully saturated rings. The normalized spacial score (nSPS) is 12.0. The molecule has 1 heterocycles. The lowest BCUT2D eigenvalue weighted by Crippen LogP contribution is -2.27. The van der Waals surface area contributed by atoms with Crippen molar-refractivity contribution in [2.24, 2.45) is 0 Å². The monoisotopic (exact) mass is 340 g/mol. The molecule has 25 heavy (non-hydrogen) atoms. The second-order valence-corrected chi connectivity index (χ2v) is 8.34. The Morgan fingerprint density at radius 2 is 1.56 bits per heavy atom. The molecule has 1 amide bonds. The Bertz CT molecular complexity index is 753. The number of amides is 1. The van der Waals surface area contributed by atoms with E-state index in [2.05, 4.69) is 41.4 Å². The van der Waals surface area contributed by atoms with Crippen molar-refractivity contribution in [1.82, 2.24) is 9.97 Å². The third-order valence-corrected chi connectivity index (χ3v) is 3.58. The van der Waals surface area contributed by atoms with Gasteiger partial charge in [-0.25, -0.2) is 9.97 Å². The fourth-order valence-electron chi connectivity index (χ4n) is 2.38. The topological polar surface area (TPSA) is 66.9 Å². The summed E-state index contributed by atoms with van der Waals surface area (Å²) in [5.74, 6) is 0.960. The number of nitrogens with zero attached hydrogens (tertiary/aromatic N) is 2. The molecule has 0 aliphatic rings. The summed E-state index contributed by atoms with van der Waals surface area (Å²) in [4.78, 5) is 21.1. The lowest BCUT2D eigenvalue weighted by molar-refractivity contribution is 0.102. The molecule has 1 aromatic heterocycles. The van der Waals surface area contributed by atoms with Gasteiger partial charge >= 0.3 is 0 Å². The summed E-state index contributed by atoms with van der Waals surface area (Å²) in [5.41, 5.74) is 2.26. The SMILES string of the molecule is Cc1nc(NC(C)(C)C)cc(C(=O)Nc2ccc(C(C)(C)C)cc2)n1. The van der Waals surface area contributed by atoms with Crippen LogP contribution in [0, 0.1) is 6.92 Å². The summed E-state index contributed by atoms with van der Waals surface area (Å²) in [6.45, 7) is 14.4. The van der Waals surface area contributed by atoms with Gasteiger partial charge in [-0.2, -0.15) is 0 Å². The molecule has 5 nitrogen and oxygen atoms in total. The first kappa shape index (κ1) is 18.9. The number of nitrogens with one attached hydrogen (secondary N) is 2. The molecule has 0 spiro atoms. The van der Waals surface area contributed by atoms with E-state index in [-0.39, 0.29) is 16.9 Å². The van der Waals surface area contributed by atoms with E-state index in [9.17, 15) is 4.79 Å². The minimum Gasteiger partial charge on any atom is -0.365 e. The standard InChI is InChI=1S/C20H28N4O/c1-13-21-16(12-17(22-13)24-20(5,6)7)18(25)23-15-10-8-14(9-11-15)19(2,3)4/h8-12H,1-7H3,(H,23,25)(H,21,22,24). The molecule has 2 rings (SSSR count). The summed E-state index contributed by atoms with van der Waals surface area (Å²) >= 11 is 0. The van der Waals surface area contributed by atoms with Crippen molar-refractivity contribution in [2.75, 3.05) is 10.6 Å². The van der Waals surface area contributed by atoms with Gasteiger partial charge in [0.15, 0.2) is 0 Å². The van der Waals surface area contributed by atoms with E-state index >= 15 is 0 Å². The fourth-order valence-corrected chi connectivity index (χ4v) is 2.38. The minimum absolute atomic E-state index is 0.0832. The first-order valence-electron chi connectivity index (χ1n) is 8.50. The van der Waals surface area contributed by atoms with Gasteiger partial charge in [0.2, 0.25) is 0 Å². The molecule has 0 bridgehead atoms. The van der Waals surface area contributed by atoms with Crippen LogP contribution in [0.5, 0.6) is 0 Å². The Labute approximate surface area is 150 Å². The Morgan fingerprint density at radius 3 is 2.08 bits per heavy atom. The highest BCUT2D eigenvalue weighted by Gasteiger charge is 2.16. The predicted octanol–water partition coefficient (Wildman–Crippen LogP) is 4.55. The molecule has 5 heteroatoms. The van der Waals surface area contributed by atoms with Crippen LogP contribution in [0.15, 0.2) is 30.3 Å². The molecule has 0 saturated carbocycles. The van der Waals surface area contributed by atoms with E-state index < -0.39 is 0 Å². The van der Waals surface area contributed by atoms with Crippen LogP contribution in [-0.4, -0.2) is 21.4 Å². The number of aromatic nitrogens is 2. The van der Waals surface area contributed by atoms with Gasteiger partial charge < -0.3 is 10.6 Å². The molecule has 134 valence electrons. The van der Waals surface area contributed by atoms with E-state index in [1.165, 1.54) is 5.56 Å². The van der Waals surface area contributed by atoms with Crippen LogP contribution in [0.3, 0.4) is 0 Å². The van der Waals surface area contributed by atoms with Crippen molar-refractivity contribution < 1.29 is 4.79 Å². The van der Waals surface area contributed by atoms with Crippen LogP contribution < -0.4 is 10.6 Å². The summed E-state index contributed by atoms with van der Waals surface area (Å²) in [6.07, 6.45) is 0. The first-order chi connectivity index (χ1) is 11.4. The zero-order valence-corrected chi connectivity index (χ0v) is 16.2. The number of anilines is 2. The molecule has 0 radical (unpaired) electrons. The number of aryl methyl sites for hydroxylation is 1. The molecule has 0 saturated heterocycles. The van der Waals surface area contributed by atoms with E-state index in [0.29, 0.717) is 17.3 Å². The number of rotatable bonds is 3. The molecule has 0 aliphatic carbocycles. The van der Waals surface area contributed by atoms with Gasteiger partial charge in [0.05, 0.1) is 0 Å². The average Bonchev–Trinajstić information content (AvgIpc) is 2.44. The lowest BCUT2D eigenvalue weighted by Gasteiger charge is -2.21. The second-order valence-electron chi connectivity index (χ2n) is 8.34. The fraction of sp³-hybridized carbons (Fsp3) is 0.450. The predicted molar refractivity (Wildman–Crippen MR) is 103 cm³/mol. The van der Waals surface area contributed by atoms with E-state index in [0.717, 1.165) is 5.69 Å². The quantitative estimate of drug-likeness (QED) is 0.860. The maximum atomic E-state index is 12.5. The molecule has 2 aromatic rings. The lowest BCUT2D eigenvalue weighted by atomic mass is 9.87. The Hall–Kier alpha value is -2.43.